The molecular weight excluding hydrogens is 314 g/mol. The van der Waals surface area contributed by atoms with E-state index in [0.717, 1.165) is 6.29 Å². The molecule has 0 radical (unpaired) electrons. The summed E-state index contributed by atoms with van der Waals surface area (Å²) in [5.41, 5.74) is 1.69. The SMILES string of the molecule is CCn1cc(C=O)c(-c2c(C)oc3nc(Br)nn23)n1. The predicted molar refractivity (Wildman–Crippen MR) is 70.0 cm³/mol. The Bertz CT molecular complexity index is 770. The molecule has 3 heterocycles. The van der Waals surface area contributed by atoms with Crippen LogP contribution >= 0.6 is 15.9 Å². The van der Waals surface area contributed by atoms with Crippen LogP contribution in [-0.2, 0) is 6.54 Å². The fraction of sp³-hybridized carbons (Fsp3) is 0.273. The first kappa shape index (κ1) is 12.1. The second kappa shape index (κ2) is 4.30. The Kier molecular flexibility index (Phi) is 2.74. The van der Waals surface area contributed by atoms with Gasteiger partial charge in [-0.15, -0.1) is 5.10 Å². The standard InChI is InChI=1S/C11H10BrN5O2/c1-3-16-4-7(5-18)8(14-16)9-6(2)19-11-13-10(12)15-17(9)11/h4-5H,3H2,1-2H3. The fourth-order valence-corrected chi connectivity index (χ4v) is 2.27. The highest BCUT2D eigenvalue weighted by molar-refractivity contribution is 9.10. The number of halogens is 1. The van der Waals surface area contributed by atoms with Crippen molar-refractivity contribution in [3.8, 4) is 11.4 Å². The maximum atomic E-state index is 11.2. The number of nitrogens with zero attached hydrogens (tertiary/aromatic N) is 5. The summed E-state index contributed by atoms with van der Waals surface area (Å²) >= 11 is 3.19. The number of aldehydes is 1. The first-order valence-electron chi connectivity index (χ1n) is 5.68. The molecule has 0 saturated heterocycles. The molecule has 0 spiro atoms. The molecule has 0 aliphatic carbocycles. The van der Waals surface area contributed by atoms with Crippen LogP contribution in [0.15, 0.2) is 15.3 Å². The Balaban J connectivity index is 2.31. The van der Waals surface area contributed by atoms with Crippen LogP contribution in [0.3, 0.4) is 0 Å². The van der Waals surface area contributed by atoms with Gasteiger partial charge in [0.15, 0.2) is 6.29 Å². The Hall–Kier alpha value is -1.96. The van der Waals surface area contributed by atoms with Crippen LogP contribution in [0.2, 0.25) is 0 Å². The molecule has 0 fully saturated rings. The van der Waals surface area contributed by atoms with Crippen molar-refractivity contribution in [2.24, 2.45) is 0 Å². The largest absolute Gasteiger partial charge is 0.427 e. The Labute approximate surface area is 116 Å². The maximum absolute atomic E-state index is 11.2. The summed E-state index contributed by atoms with van der Waals surface area (Å²) < 4.78 is 9.17. The van der Waals surface area contributed by atoms with Crippen LogP contribution < -0.4 is 0 Å². The number of hydrogen-bond acceptors (Lipinski definition) is 5. The minimum atomic E-state index is 0.363. The van der Waals surface area contributed by atoms with E-state index in [2.05, 4.69) is 31.1 Å². The summed E-state index contributed by atoms with van der Waals surface area (Å²) in [6, 6.07) is 0. The zero-order valence-corrected chi connectivity index (χ0v) is 11.9. The van der Waals surface area contributed by atoms with Crippen molar-refractivity contribution < 1.29 is 9.21 Å². The molecule has 0 aliphatic rings. The van der Waals surface area contributed by atoms with E-state index in [1.807, 2.05) is 6.92 Å². The van der Waals surface area contributed by atoms with E-state index in [4.69, 9.17) is 4.42 Å². The monoisotopic (exact) mass is 323 g/mol. The number of carbonyl (C=O) groups excluding carboxylic acids is 1. The number of rotatable bonds is 3. The molecule has 0 bridgehead atoms. The van der Waals surface area contributed by atoms with Crippen molar-refractivity contribution in [1.29, 1.82) is 0 Å². The van der Waals surface area contributed by atoms with E-state index in [1.54, 1.807) is 17.8 Å². The third-order valence-corrected chi connectivity index (χ3v) is 3.14. The van der Waals surface area contributed by atoms with Crippen LogP contribution in [0.4, 0.5) is 0 Å². The van der Waals surface area contributed by atoms with Crippen LogP contribution in [-0.4, -0.2) is 30.7 Å². The van der Waals surface area contributed by atoms with Gasteiger partial charge in [-0.3, -0.25) is 9.48 Å². The summed E-state index contributed by atoms with van der Waals surface area (Å²) in [6.07, 6.45) is 2.48. The number of fused-ring (bicyclic) bond motifs is 1. The van der Waals surface area contributed by atoms with Gasteiger partial charge in [0.1, 0.15) is 17.1 Å². The topological polar surface area (TPSA) is 78.2 Å². The molecule has 0 unspecified atom stereocenters. The lowest BCUT2D eigenvalue weighted by atomic mass is 10.2. The van der Waals surface area contributed by atoms with E-state index in [0.29, 0.717) is 39.8 Å². The van der Waals surface area contributed by atoms with Gasteiger partial charge in [0, 0.05) is 12.7 Å². The van der Waals surface area contributed by atoms with Gasteiger partial charge in [-0.25, -0.2) is 0 Å². The van der Waals surface area contributed by atoms with Gasteiger partial charge in [0.2, 0.25) is 4.73 Å². The van der Waals surface area contributed by atoms with E-state index in [9.17, 15) is 4.79 Å². The predicted octanol–water partition coefficient (Wildman–Crippen LogP) is 2.09. The van der Waals surface area contributed by atoms with Gasteiger partial charge in [-0.05, 0) is 29.8 Å². The van der Waals surface area contributed by atoms with Crippen LogP contribution in [0, 0.1) is 6.92 Å². The first-order chi connectivity index (χ1) is 9.13. The lowest BCUT2D eigenvalue weighted by Gasteiger charge is -1.96. The molecule has 0 atom stereocenters. The lowest BCUT2D eigenvalue weighted by Crippen LogP contribution is -1.96. The molecule has 0 N–H and O–H groups in total. The molecule has 98 valence electrons. The van der Waals surface area contributed by atoms with Crippen LogP contribution in [0.25, 0.3) is 17.2 Å². The second-order valence-electron chi connectivity index (χ2n) is 3.99. The maximum Gasteiger partial charge on any atom is 0.326 e. The Morgan fingerprint density at radius 1 is 1.47 bits per heavy atom. The molecule has 3 aromatic rings. The zero-order chi connectivity index (χ0) is 13.6. The van der Waals surface area contributed by atoms with E-state index >= 15 is 0 Å². The van der Waals surface area contributed by atoms with Crippen molar-refractivity contribution in [2.75, 3.05) is 0 Å². The molecule has 3 aromatic heterocycles. The molecule has 0 aliphatic heterocycles. The number of hydrogen-bond donors (Lipinski definition) is 0. The third kappa shape index (κ3) is 1.79. The summed E-state index contributed by atoms with van der Waals surface area (Å²) in [7, 11) is 0. The molecule has 0 amide bonds. The summed E-state index contributed by atoms with van der Waals surface area (Å²) in [5.74, 6) is 0.981. The quantitative estimate of drug-likeness (QED) is 0.689. The molecular formula is C11H10BrN5O2. The van der Waals surface area contributed by atoms with Gasteiger partial charge >= 0.3 is 5.84 Å². The van der Waals surface area contributed by atoms with Gasteiger partial charge in [0.25, 0.3) is 0 Å². The Morgan fingerprint density at radius 2 is 2.26 bits per heavy atom. The summed E-state index contributed by atoms with van der Waals surface area (Å²) in [5, 5.41) is 8.57. The van der Waals surface area contributed by atoms with E-state index in [1.165, 1.54) is 4.52 Å². The molecule has 3 rings (SSSR count). The number of aryl methyl sites for hydroxylation is 2. The molecule has 19 heavy (non-hydrogen) atoms. The highest BCUT2D eigenvalue weighted by Gasteiger charge is 2.21. The van der Waals surface area contributed by atoms with Gasteiger partial charge in [-0.2, -0.15) is 14.6 Å². The van der Waals surface area contributed by atoms with E-state index < -0.39 is 0 Å². The number of oxazole rings is 1. The van der Waals surface area contributed by atoms with Crippen LogP contribution in [0.1, 0.15) is 23.0 Å². The molecule has 8 heteroatoms. The third-order valence-electron chi connectivity index (χ3n) is 2.81. The highest BCUT2D eigenvalue weighted by atomic mass is 79.9. The minimum Gasteiger partial charge on any atom is -0.427 e. The van der Waals surface area contributed by atoms with Crippen LogP contribution in [0.5, 0.6) is 0 Å². The lowest BCUT2D eigenvalue weighted by molar-refractivity contribution is 0.112. The van der Waals surface area contributed by atoms with Crippen molar-refractivity contribution >= 4 is 28.1 Å². The minimum absolute atomic E-state index is 0.363. The normalized spacial score (nSPS) is 11.3. The van der Waals surface area contributed by atoms with Gasteiger partial charge in [-0.1, -0.05) is 0 Å². The molecule has 0 saturated carbocycles. The van der Waals surface area contributed by atoms with Crippen molar-refractivity contribution in [2.45, 2.75) is 20.4 Å². The average molecular weight is 324 g/mol. The second-order valence-corrected chi connectivity index (χ2v) is 4.70. The van der Waals surface area contributed by atoms with Crippen molar-refractivity contribution in [3.05, 3.63) is 22.3 Å². The molecule has 0 aromatic carbocycles. The highest BCUT2D eigenvalue weighted by Crippen LogP contribution is 2.27. The number of carbonyl (C=O) groups is 1. The van der Waals surface area contributed by atoms with Crippen molar-refractivity contribution in [3.63, 3.8) is 0 Å². The van der Waals surface area contributed by atoms with Gasteiger partial charge < -0.3 is 4.42 Å². The molecule has 7 nitrogen and oxygen atoms in total. The zero-order valence-electron chi connectivity index (χ0n) is 10.3. The Morgan fingerprint density at radius 3 is 2.95 bits per heavy atom. The smallest absolute Gasteiger partial charge is 0.326 e. The summed E-state index contributed by atoms with van der Waals surface area (Å²) in [4.78, 5) is 15.2. The first-order valence-corrected chi connectivity index (χ1v) is 6.48. The van der Waals surface area contributed by atoms with E-state index in [-0.39, 0.29) is 0 Å². The van der Waals surface area contributed by atoms with Crippen molar-refractivity contribution in [1.82, 2.24) is 24.4 Å². The summed E-state index contributed by atoms with van der Waals surface area (Å²) in [6.45, 7) is 4.43. The fourth-order valence-electron chi connectivity index (χ4n) is 1.96. The average Bonchev–Trinajstić information content (AvgIpc) is 3.00. The number of aromatic nitrogens is 5. The van der Waals surface area contributed by atoms with Gasteiger partial charge in [0.05, 0.1) is 5.56 Å².